The lowest BCUT2D eigenvalue weighted by molar-refractivity contribution is 0.398. The molecule has 0 nitrogen and oxygen atoms in total. The van der Waals surface area contributed by atoms with Crippen molar-refractivity contribution >= 4 is 23.1 Å². The van der Waals surface area contributed by atoms with Gasteiger partial charge in [-0.15, -0.1) is 0 Å². The largest absolute Gasteiger partial charge is 0.316 e. The SMILES string of the molecule is C1=CC2C3C=CC(C3)C2C1.[MgH2]. The monoisotopic (exact) mass is 158 g/mol. The Morgan fingerprint density at radius 3 is 2.64 bits per heavy atom. The Morgan fingerprint density at radius 2 is 1.82 bits per heavy atom. The van der Waals surface area contributed by atoms with Crippen LogP contribution in [0.3, 0.4) is 0 Å². The maximum absolute atomic E-state index is 2.44. The third kappa shape index (κ3) is 0.939. The Morgan fingerprint density at radius 1 is 1.00 bits per heavy atom. The second kappa shape index (κ2) is 2.63. The predicted octanol–water partition coefficient (Wildman–Crippen LogP) is 1.47. The van der Waals surface area contributed by atoms with E-state index in [0.29, 0.717) is 0 Å². The van der Waals surface area contributed by atoms with Gasteiger partial charge in [0.1, 0.15) is 0 Å². The van der Waals surface area contributed by atoms with E-state index in [-0.39, 0.29) is 23.1 Å². The third-order valence-electron chi connectivity index (χ3n) is 3.46. The number of hydrogen-bond acceptors (Lipinski definition) is 0. The molecule has 2 bridgehead atoms. The molecule has 0 heterocycles. The van der Waals surface area contributed by atoms with Crippen LogP contribution in [0.25, 0.3) is 0 Å². The molecular formula is C10H14Mg. The molecule has 56 valence electrons. The third-order valence-corrected chi connectivity index (χ3v) is 3.46. The molecule has 0 aromatic carbocycles. The first-order chi connectivity index (χ1) is 4.95. The van der Waals surface area contributed by atoms with Crippen LogP contribution in [0.4, 0.5) is 0 Å². The summed E-state index contributed by atoms with van der Waals surface area (Å²) in [7, 11) is 0. The van der Waals surface area contributed by atoms with Crippen LogP contribution in [0.5, 0.6) is 0 Å². The van der Waals surface area contributed by atoms with Gasteiger partial charge in [0.05, 0.1) is 0 Å². The highest BCUT2D eigenvalue weighted by atomic mass is 24.3. The molecule has 1 saturated carbocycles. The first kappa shape index (κ1) is 7.87. The summed E-state index contributed by atoms with van der Waals surface area (Å²) in [6.45, 7) is 0. The minimum Gasteiger partial charge on any atom is -0.0879 e. The Balaban J connectivity index is 0.000000480. The lowest BCUT2D eigenvalue weighted by Crippen LogP contribution is -2.12. The van der Waals surface area contributed by atoms with Gasteiger partial charge >= 0.3 is 23.1 Å². The number of rotatable bonds is 0. The average Bonchev–Trinajstić information content (AvgIpc) is 2.60. The van der Waals surface area contributed by atoms with Gasteiger partial charge in [-0.1, -0.05) is 24.3 Å². The van der Waals surface area contributed by atoms with E-state index in [4.69, 9.17) is 0 Å². The standard InChI is InChI=1S/C10H12.Mg.2H/c1-2-9-7-4-5-8(6-7)10(9)3-1;;;/h1-2,4-5,7-10H,3,6H2;;;. The number of hydrogen-bond donors (Lipinski definition) is 0. The summed E-state index contributed by atoms with van der Waals surface area (Å²) in [4.78, 5) is 0. The molecule has 0 radical (unpaired) electrons. The van der Waals surface area contributed by atoms with E-state index in [2.05, 4.69) is 24.3 Å². The van der Waals surface area contributed by atoms with E-state index in [1.54, 1.807) is 0 Å². The zero-order valence-corrected chi connectivity index (χ0v) is 6.03. The highest BCUT2D eigenvalue weighted by molar-refractivity contribution is 5.75. The quantitative estimate of drug-likeness (QED) is 0.370. The predicted molar refractivity (Wildman–Crippen MR) is 50.0 cm³/mol. The summed E-state index contributed by atoms with van der Waals surface area (Å²) in [6.07, 6.45) is 12.5. The fourth-order valence-electron chi connectivity index (χ4n) is 2.97. The van der Waals surface area contributed by atoms with Crippen LogP contribution in [0.2, 0.25) is 0 Å². The first-order valence-corrected chi connectivity index (χ1v) is 4.30. The van der Waals surface area contributed by atoms with Gasteiger partial charge in [0.15, 0.2) is 0 Å². The van der Waals surface area contributed by atoms with Gasteiger partial charge in [-0.2, -0.15) is 0 Å². The topological polar surface area (TPSA) is 0 Å². The van der Waals surface area contributed by atoms with Crippen molar-refractivity contribution in [3.63, 3.8) is 0 Å². The lowest BCUT2D eigenvalue weighted by atomic mass is 9.86. The van der Waals surface area contributed by atoms with E-state index in [1.165, 1.54) is 12.8 Å². The molecular weight excluding hydrogens is 144 g/mol. The molecule has 0 aliphatic heterocycles. The maximum atomic E-state index is 2.44. The first-order valence-electron chi connectivity index (χ1n) is 4.30. The van der Waals surface area contributed by atoms with Gasteiger partial charge in [-0.05, 0) is 36.5 Å². The van der Waals surface area contributed by atoms with Gasteiger partial charge in [0, 0.05) is 0 Å². The second-order valence-electron chi connectivity index (χ2n) is 3.85. The molecule has 3 aliphatic carbocycles. The van der Waals surface area contributed by atoms with Gasteiger partial charge < -0.3 is 0 Å². The molecule has 0 saturated heterocycles. The van der Waals surface area contributed by atoms with Gasteiger partial charge in [-0.3, -0.25) is 0 Å². The summed E-state index contributed by atoms with van der Waals surface area (Å²) in [5, 5.41) is 0. The molecule has 0 aromatic rings. The Bertz CT molecular complexity index is 217. The summed E-state index contributed by atoms with van der Waals surface area (Å²) < 4.78 is 0. The van der Waals surface area contributed by atoms with Crippen LogP contribution in [0.15, 0.2) is 24.3 Å². The minimum absolute atomic E-state index is 0. The van der Waals surface area contributed by atoms with Crippen LogP contribution in [-0.2, 0) is 0 Å². The second-order valence-corrected chi connectivity index (χ2v) is 3.85. The highest BCUT2D eigenvalue weighted by Crippen LogP contribution is 2.52. The van der Waals surface area contributed by atoms with Gasteiger partial charge in [-0.25, -0.2) is 0 Å². The van der Waals surface area contributed by atoms with E-state index in [0.717, 1.165) is 23.7 Å². The van der Waals surface area contributed by atoms with E-state index in [1.807, 2.05) is 0 Å². The molecule has 4 atom stereocenters. The molecule has 1 heteroatoms. The molecule has 1 fully saturated rings. The van der Waals surface area contributed by atoms with Crippen molar-refractivity contribution in [2.75, 3.05) is 0 Å². The molecule has 4 unspecified atom stereocenters. The van der Waals surface area contributed by atoms with Crippen molar-refractivity contribution in [3.05, 3.63) is 24.3 Å². The summed E-state index contributed by atoms with van der Waals surface area (Å²) >= 11 is 0. The van der Waals surface area contributed by atoms with Crippen molar-refractivity contribution in [3.8, 4) is 0 Å². The molecule has 3 aliphatic rings. The molecule has 0 amide bonds. The number of fused-ring (bicyclic) bond motifs is 5. The summed E-state index contributed by atoms with van der Waals surface area (Å²) in [6, 6.07) is 0. The highest BCUT2D eigenvalue weighted by Gasteiger charge is 2.44. The van der Waals surface area contributed by atoms with Crippen LogP contribution in [0.1, 0.15) is 12.8 Å². The normalized spacial score (nSPS) is 49.5. The van der Waals surface area contributed by atoms with Crippen LogP contribution >= 0.6 is 0 Å². The van der Waals surface area contributed by atoms with Crippen molar-refractivity contribution in [1.82, 2.24) is 0 Å². The Hall–Kier alpha value is 0.246. The number of allylic oxidation sites excluding steroid dienone is 4. The minimum atomic E-state index is 0. The van der Waals surface area contributed by atoms with Crippen LogP contribution < -0.4 is 0 Å². The molecule has 11 heavy (non-hydrogen) atoms. The Labute approximate surface area is 83.9 Å². The Kier molecular flexibility index (Phi) is 1.88. The lowest BCUT2D eigenvalue weighted by Gasteiger charge is -2.18. The molecule has 0 N–H and O–H groups in total. The van der Waals surface area contributed by atoms with Crippen LogP contribution in [0, 0.1) is 23.7 Å². The molecule has 3 rings (SSSR count). The van der Waals surface area contributed by atoms with Crippen molar-refractivity contribution in [2.45, 2.75) is 12.8 Å². The van der Waals surface area contributed by atoms with Crippen molar-refractivity contribution in [1.29, 1.82) is 0 Å². The summed E-state index contributed by atoms with van der Waals surface area (Å²) in [5.74, 6) is 3.82. The van der Waals surface area contributed by atoms with Crippen molar-refractivity contribution in [2.24, 2.45) is 23.7 Å². The molecule has 0 aromatic heterocycles. The van der Waals surface area contributed by atoms with E-state index >= 15 is 0 Å². The average molecular weight is 159 g/mol. The fourth-order valence-corrected chi connectivity index (χ4v) is 2.97. The zero-order chi connectivity index (χ0) is 6.55. The van der Waals surface area contributed by atoms with Crippen LogP contribution in [-0.4, -0.2) is 23.1 Å². The van der Waals surface area contributed by atoms with Gasteiger partial charge in [0.2, 0.25) is 0 Å². The van der Waals surface area contributed by atoms with Crippen molar-refractivity contribution < 1.29 is 0 Å². The smallest absolute Gasteiger partial charge is 0.0879 e. The summed E-state index contributed by atoms with van der Waals surface area (Å²) in [5.41, 5.74) is 0. The zero-order valence-electron chi connectivity index (χ0n) is 6.03. The van der Waals surface area contributed by atoms with E-state index in [9.17, 15) is 0 Å². The fraction of sp³-hybridized carbons (Fsp3) is 0.600. The van der Waals surface area contributed by atoms with E-state index < -0.39 is 0 Å². The maximum Gasteiger partial charge on any atom is 0.316 e. The van der Waals surface area contributed by atoms with Gasteiger partial charge in [0.25, 0.3) is 0 Å². The molecule has 0 spiro atoms.